The molecule has 0 unspecified atom stereocenters. The van der Waals surface area contributed by atoms with E-state index in [1.54, 1.807) is 38.1 Å². The summed E-state index contributed by atoms with van der Waals surface area (Å²) in [5.74, 6) is -1.99. The Morgan fingerprint density at radius 1 is 1.27 bits per heavy atom. The highest BCUT2D eigenvalue weighted by Crippen LogP contribution is 2.41. The van der Waals surface area contributed by atoms with Crippen LogP contribution in [0.5, 0.6) is 0 Å². The lowest BCUT2D eigenvalue weighted by molar-refractivity contribution is -0.139. The van der Waals surface area contributed by atoms with Gasteiger partial charge in [-0.3, -0.25) is 0 Å². The number of rotatable bonds is 9. The number of allylic oxidation sites excluding steroid dienone is 1. The van der Waals surface area contributed by atoms with Gasteiger partial charge in [-0.1, -0.05) is 34.9 Å². The van der Waals surface area contributed by atoms with Crippen molar-refractivity contribution in [2.75, 3.05) is 33.5 Å². The van der Waals surface area contributed by atoms with E-state index in [0.717, 1.165) is 0 Å². The molecule has 1 aliphatic rings. The van der Waals surface area contributed by atoms with Gasteiger partial charge in [0.25, 0.3) is 0 Å². The molecule has 0 amide bonds. The number of nitrogens with zero attached hydrogens (tertiary/aromatic N) is 3. The Hall–Kier alpha value is -3.00. The Bertz CT molecular complexity index is 922. The number of hydrogen-bond acceptors (Lipinski definition) is 7. The van der Waals surface area contributed by atoms with Crippen LogP contribution in [0.25, 0.3) is 10.4 Å². The number of esters is 2. The monoisotopic (exact) mass is 434 g/mol. The Morgan fingerprint density at radius 3 is 2.63 bits per heavy atom. The molecule has 0 radical (unpaired) electrons. The van der Waals surface area contributed by atoms with Crippen molar-refractivity contribution in [2.45, 2.75) is 19.8 Å². The van der Waals surface area contributed by atoms with E-state index in [-0.39, 0.29) is 37.5 Å². The molecule has 1 heterocycles. The van der Waals surface area contributed by atoms with Crippen LogP contribution in [0, 0.1) is 0 Å². The topological polar surface area (TPSA) is 123 Å². The number of benzene rings is 1. The fourth-order valence-corrected chi connectivity index (χ4v) is 3.43. The molecular formula is C20H23ClN4O5. The van der Waals surface area contributed by atoms with Crippen LogP contribution in [0.15, 0.2) is 51.9 Å². The lowest BCUT2D eigenvalue weighted by Gasteiger charge is -2.31. The van der Waals surface area contributed by atoms with Gasteiger partial charge in [0.1, 0.15) is 0 Å². The molecule has 0 saturated heterocycles. The molecule has 0 saturated carbocycles. The van der Waals surface area contributed by atoms with Gasteiger partial charge >= 0.3 is 11.9 Å². The molecule has 1 atom stereocenters. The number of dihydropyridines is 1. The minimum absolute atomic E-state index is 0.0157. The van der Waals surface area contributed by atoms with E-state index >= 15 is 0 Å². The molecule has 0 aliphatic carbocycles. The second kappa shape index (κ2) is 11.3. The van der Waals surface area contributed by atoms with Crippen LogP contribution in [0.2, 0.25) is 5.02 Å². The van der Waals surface area contributed by atoms with Crippen molar-refractivity contribution in [3.05, 3.63) is 67.8 Å². The summed E-state index contributed by atoms with van der Waals surface area (Å²) in [6.45, 7) is 3.87. The number of hydrogen-bond donors (Lipinski definition) is 1. The minimum atomic E-state index is -0.804. The van der Waals surface area contributed by atoms with Crippen molar-refractivity contribution in [1.82, 2.24) is 5.32 Å². The largest absolute Gasteiger partial charge is 0.466 e. The predicted molar refractivity (Wildman–Crippen MR) is 111 cm³/mol. The summed E-state index contributed by atoms with van der Waals surface area (Å²) >= 11 is 6.43. The number of carbonyl (C=O) groups is 2. The molecule has 0 spiro atoms. The molecular weight excluding hydrogens is 412 g/mol. The molecule has 1 aromatic carbocycles. The first kappa shape index (κ1) is 23.3. The number of azide groups is 1. The summed E-state index contributed by atoms with van der Waals surface area (Å²) in [4.78, 5) is 28.2. The lowest BCUT2D eigenvalue weighted by Crippen LogP contribution is -2.35. The maximum absolute atomic E-state index is 12.9. The predicted octanol–water partition coefficient (Wildman–Crippen LogP) is 3.62. The maximum Gasteiger partial charge on any atom is 0.336 e. The fraction of sp³-hybridized carbons (Fsp3) is 0.400. The zero-order valence-corrected chi connectivity index (χ0v) is 17.7. The molecule has 9 nitrogen and oxygen atoms in total. The smallest absolute Gasteiger partial charge is 0.336 e. The molecule has 1 aliphatic heterocycles. The van der Waals surface area contributed by atoms with E-state index in [4.69, 9.17) is 31.3 Å². The quantitative estimate of drug-likeness (QED) is 0.208. The lowest BCUT2D eigenvalue weighted by atomic mass is 9.80. The number of carbonyl (C=O) groups excluding carboxylic acids is 2. The highest BCUT2D eigenvalue weighted by molar-refractivity contribution is 6.31. The third-order valence-corrected chi connectivity index (χ3v) is 4.75. The standard InChI is InChI=1S/C20H23ClN4O5/c1-4-30-20(27)18-15(11-29-10-9-23-25-22)24-12(2)16(19(26)28-3)17(18)13-7-5-6-8-14(13)21/h5-8,17,24H,4,9-11H2,1-3H3/t17-/m1/s1. The Labute approximate surface area is 179 Å². The zero-order chi connectivity index (χ0) is 22.1. The summed E-state index contributed by atoms with van der Waals surface area (Å²) in [6.07, 6.45) is 0. The van der Waals surface area contributed by atoms with Crippen molar-refractivity contribution >= 4 is 23.5 Å². The molecule has 2 rings (SSSR count). The highest BCUT2D eigenvalue weighted by Gasteiger charge is 2.39. The molecule has 0 aromatic heterocycles. The molecule has 0 bridgehead atoms. The number of ether oxygens (including phenoxy) is 3. The summed E-state index contributed by atoms with van der Waals surface area (Å²) < 4.78 is 15.8. The third-order valence-electron chi connectivity index (χ3n) is 4.41. The van der Waals surface area contributed by atoms with Crippen molar-refractivity contribution in [2.24, 2.45) is 5.11 Å². The van der Waals surface area contributed by atoms with Crippen LogP contribution in [-0.4, -0.2) is 45.4 Å². The first-order chi connectivity index (χ1) is 14.5. The average Bonchev–Trinajstić information content (AvgIpc) is 2.73. The Kier molecular flexibility index (Phi) is 8.73. The number of nitrogens with one attached hydrogen (secondary N) is 1. The van der Waals surface area contributed by atoms with E-state index in [0.29, 0.717) is 22.0 Å². The second-order valence-electron chi connectivity index (χ2n) is 6.23. The van der Waals surface area contributed by atoms with Crippen LogP contribution in [-0.2, 0) is 23.8 Å². The van der Waals surface area contributed by atoms with Crippen molar-refractivity contribution in [1.29, 1.82) is 0 Å². The van der Waals surface area contributed by atoms with E-state index in [1.807, 2.05) is 0 Å². The summed E-state index contributed by atoms with van der Waals surface area (Å²) in [5.41, 5.74) is 10.3. The Balaban J connectivity index is 2.59. The fourth-order valence-electron chi connectivity index (χ4n) is 3.19. The zero-order valence-electron chi connectivity index (χ0n) is 17.0. The molecule has 10 heteroatoms. The van der Waals surface area contributed by atoms with Crippen LogP contribution in [0.3, 0.4) is 0 Å². The SMILES string of the molecule is CCOC(=O)C1=C(COCCN=[N+]=[N-])NC(C)=C(C(=O)OC)[C@H]1c1ccccc1Cl. The number of methoxy groups -OCH3 is 1. The Morgan fingerprint density at radius 2 is 2.00 bits per heavy atom. The summed E-state index contributed by atoms with van der Waals surface area (Å²) in [6, 6.07) is 6.96. The average molecular weight is 435 g/mol. The van der Waals surface area contributed by atoms with E-state index < -0.39 is 17.9 Å². The van der Waals surface area contributed by atoms with Gasteiger partial charge in [-0.25, -0.2) is 9.59 Å². The molecule has 160 valence electrons. The van der Waals surface area contributed by atoms with Crippen LogP contribution >= 0.6 is 11.6 Å². The minimum Gasteiger partial charge on any atom is -0.466 e. The summed E-state index contributed by atoms with van der Waals surface area (Å²) in [5, 5.41) is 6.87. The third kappa shape index (κ3) is 5.33. The van der Waals surface area contributed by atoms with E-state index in [2.05, 4.69) is 15.3 Å². The van der Waals surface area contributed by atoms with Gasteiger partial charge in [-0.05, 0) is 31.0 Å². The van der Waals surface area contributed by atoms with Crippen molar-refractivity contribution in [3.63, 3.8) is 0 Å². The highest BCUT2D eigenvalue weighted by atomic mass is 35.5. The first-order valence-corrected chi connectivity index (χ1v) is 9.63. The summed E-state index contributed by atoms with van der Waals surface area (Å²) in [7, 11) is 1.27. The molecule has 1 N–H and O–H groups in total. The van der Waals surface area contributed by atoms with E-state index in [1.165, 1.54) is 7.11 Å². The van der Waals surface area contributed by atoms with Gasteiger partial charge in [0.05, 0.1) is 49.7 Å². The van der Waals surface area contributed by atoms with Gasteiger partial charge in [-0.2, -0.15) is 0 Å². The van der Waals surface area contributed by atoms with Crippen molar-refractivity contribution in [3.8, 4) is 0 Å². The first-order valence-electron chi connectivity index (χ1n) is 9.25. The van der Waals surface area contributed by atoms with Crippen LogP contribution < -0.4 is 5.32 Å². The van der Waals surface area contributed by atoms with Gasteiger partial charge in [0, 0.05) is 22.2 Å². The molecule has 30 heavy (non-hydrogen) atoms. The van der Waals surface area contributed by atoms with Crippen LogP contribution in [0.4, 0.5) is 0 Å². The van der Waals surface area contributed by atoms with Gasteiger partial charge < -0.3 is 19.5 Å². The second-order valence-corrected chi connectivity index (χ2v) is 6.64. The molecule has 1 aromatic rings. The van der Waals surface area contributed by atoms with Gasteiger partial charge in [0.15, 0.2) is 0 Å². The van der Waals surface area contributed by atoms with Gasteiger partial charge in [0.2, 0.25) is 0 Å². The number of halogens is 1. The molecule has 0 fully saturated rings. The van der Waals surface area contributed by atoms with Crippen LogP contribution in [0.1, 0.15) is 25.3 Å². The normalized spacial score (nSPS) is 15.9. The van der Waals surface area contributed by atoms with Gasteiger partial charge in [-0.15, -0.1) is 0 Å². The van der Waals surface area contributed by atoms with E-state index in [9.17, 15) is 9.59 Å². The van der Waals surface area contributed by atoms with Crippen molar-refractivity contribution < 1.29 is 23.8 Å². The maximum atomic E-state index is 12.9.